The van der Waals surface area contributed by atoms with Gasteiger partial charge in [0.05, 0.1) is 12.6 Å². The molecular formula is C17H15NOS. The minimum absolute atomic E-state index is 0.330. The van der Waals surface area contributed by atoms with E-state index in [-0.39, 0.29) is 0 Å². The van der Waals surface area contributed by atoms with Crippen LogP contribution >= 0.6 is 11.3 Å². The van der Waals surface area contributed by atoms with Crippen LogP contribution in [0.5, 0.6) is 5.75 Å². The number of rotatable bonds is 2. The number of hydrogen-bond acceptors (Lipinski definition) is 3. The van der Waals surface area contributed by atoms with E-state index in [1.54, 1.807) is 11.3 Å². The van der Waals surface area contributed by atoms with Crippen LogP contribution in [0.3, 0.4) is 0 Å². The van der Waals surface area contributed by atoms with Gasteiger partial charge in [0.15, 0.2) is 0 Å². The molecule has 0 spiro atoms. The first-order valence-corrected chi connectivity index (χ1v) is 7.74. The Bertz CT molecular complexity index is 749. The number of anilines is 1. The lowest BCUT2D eigenvalue weighted by atomic mass is 10.0. The number of para-hydroxylation sites is 1. The molecule has 2 nitrogen and oxygen atoms in total. The van der Waals surface area contributed by atoms with E-state index in [1.807, 2.05) is 12.1 Å². The molecule has 0 saturated heterocycles. The molecule has 0 amide bonds. The lowest BCUT2D eigenvalue weighted by Crippen LogP contribution is -2.20. The maximum Gasteiger partial charge on any atom is 0.124 e. The summed E-state index contributed by atoms with van der Waals surface area (Å²) in [5.41, 5.74) is 2.43. The summed E-state index contributed by atoms with van der Waals surface area (Å²) in [6.45, 7) is 0.773. The van der Waals surface area contributed by atoms with E-state index in [0.29, 0.717) is 6.04 Å². The number of hydrogen-bond donors (Lipinski definition) is 1. The Hall–Kier alpha value is -2.00. The van der Waals surface area contributed by atoms with Gasteiger partial charge in [0.2, 0.25) is 0 Å². The third-order valence-corrected chi connectivity index (χ3v) is 4.65. The predicted octanol–water partition coefficient (Wildman–Crippen LogP) is 4.84. The molecule has 20 heavy (non-hydrogen) atoms. The van der Waals surface area contributed by atoms with E-state index >= 15 is 0 Å². The van der Waals surface area contributed by atoms with Gasteiger partial charge >= 0.3 is 0 Å². The third-order valence-electron chi connectivity index (χ3n) is 3.75. The molecule has 4 rings (SSSR count). The Balaban J connectivity index is 1.66. The van der Waals surface area contributed by atoms with Gasteiger partial charge in [0.1, 0.15) is 5.75 Å². The van der Waals surface area contributed by atoms with Gasteiger partial charge in [-0.25, -0.2) is 0 Å². The largest absolute Gasteiger partial charge is 0.493 e. The highest BCUT2D eigenvalue weighted by Gasteiger charge is 2.20. The molecule has 0 fully saturated rings. The fourth-order valence-electron chi connectivity index (χ4n) is 2.75. The summed E-state index contributed by atoms with van der Waals surface area (Å²) in [5, 5.41) is 7.09. The molecule has 0 aliphatic carbocycles. The summed E-state index contributed by atoms with van der Waals surface area (Å²) in [5.74, 6) is 1.01. The number of nitrogens with one attached hydrogen (secondary N) is 1. The van der Waals surface area contributed by atoms with Crippen molar-refractivity contribution in [1.82, 2.24) is 0 Å². The molecule has 1 unspecified atom stereocenters. The Labute approximate surface area is 122 Å². The Morgan fingerprint density at radius 2 is 2.05 bits per heavy atom. The molecular weight excluding hydrogens is 266 g/mol. The van der Waals surface area contributed by atoms with Crippen LogP contribution in [-0.2, 0) is 0 Å². The van der Waals surface area contributed by atoms with Crippen molar-refractivity contribution in [2.45, 2.75) is 12.5 Å². The van der Waals surface area contributed by atoms with Crippen LogP contribution in [0.25, 0.3) is 10.1 Å². The van der Waals surface area contributed by atoms with Crippen molar-refractivity contribution in [2.75, 3.05) is 11.9 Å². The lowest BCUT2D eigenvalue weighted by molar-refractivity contribution is 0.274. The summed E-state index contributed by atoms with van der Waals surface area (Å²) < 4.78 is 7.05. The number of ether oxygens (including phenoxy) is 1. The van der Waals surface area contributed by atoms with E-state index in [0.717, 1.165) is 18.8 Å². The maximum absolute atomic E-state index is 5.71. The average Bonchev–Trinajstić information content (AvgIpc) is 2.95. The summed E-state index contributed by atoms with van der Waals surface area (Å²) >= 11 is 1.78. The SMILES string of the molecule is c1ccc2c(c1)OCCC2Nc1ccc2sccc2c1. The fraction of sp³-hybridized carbons (Fsp3) is 0.176. The number of benzene rings is 2. The second kappa shape index (κ2) is 4.84. The van der Waals surface area contributed by atoms with Crippen LogP contribution < -0.4 is 10.1 Å². The molecule has 0 radical (unpaired) electrons. The van der Waals surface area contributed by atoms with Crippen molar-refractivity contribution >= 4 is 27.1 Å². The molecule has 3 heteroatoms. The molecule has 0 saturated carbocycles. The van der Waals surface area contributed by atoms with E-state index in [4.69, 9.17) is 4.74 Å². The number of thiophene rings is 1. The van der Waals surface area contributed by atoms with Crippen molar-refractivity contribution in [2.24, 2.45) is 0 Å². The molecule has 2 aromatic carbocycles. The predicted molar refractivity (Wildman–Crippen MR) is 84.7 cm³/mol. The van der Waals surface area contributed by atoms with Gasteiger partial charge in [-0.2, -0.15) is 0 Å². The summed E-state index contributed by atoms with van der Waals surface area (Å²) in [6.07, 6.45) is 0.999. The first kappa shape index (κ1) is 11.8. The van der Waals surface area contributed by atoms with Crippen molar-refractivity contribution in [3.8, 4) is 5.75 Å². The quantitative estimate of drug-likeness (QED) is 0.726. The molecule has 1 atom stereocenters. The third kappa shape index (κ3) is 2.04. The molecule has 0 bridgehead atoms. The van der Waals surface area contributed by atoms with Gasteiger partial charge in [0.25, 0.3) is 0 Å². The minimum atomic E-state index is 0.330. The van der Waals surface area contributed by atoms with Crippen LogP contribution in [0.1, 0.15) is 18.0 Å². The van der Waals surface area contributed by atoms with Gasteiger partial charge in [-0.3, -0.25) is 0 Å². The fourth-order valence-corrected chi connectivity index (χ4v) is 3.52. The second-order valence-corrected chi connectivity index (χ2v) is 5.99. The molecule has 2 heterocycles. The van der Waals surface area contributed by atoms with Crippen LogP contribution in [0.15, 0.2) is 53.9 Å². The van der Waals surface area contributed by atoms with Gasteiger partial charge in [-0.1, -0.05) is 18.2 Å². The van der Waals surface area contributed by atoms with Crippen LogP contribution in [0.2, 0.25) is 0 Å². The summed E-state index contributed by atoms with van der Waals surface area (Å²) in [4.78, 5) is 0. The topological polar surface area (TPSA) is 21.3 Å². The highest BCUT2D eigenvalue weighted by molar-refractivity contribution is 7.17. The molecule has 3 aromatic rings. The Morgan fingerprint density at radius 1 is 1.10 bits per heavy atom. The molecule has 1 aliphatic heterocycles. The lowest BCUT2D eigenvalue weighted by Gasteiger charge is -2.27. The zero-order valence-corrected chi connectivity index (χ0v) is 11.8. The molecule has 1 N–H and O–H groups in total. The smallest absolute Gasteiger partial charge is 0.124 e. The highest BCUT2D eigenvalue weighted by atomic mass is 32.1. The Kier molecular flexibility index (Phi) is 2.85. The molecule has 100 valence electrons. The second-order valence-electron chi connectivity index (χ2n) is 5.05. The summed E-state index contributed by atoms with van der Waals surface area (Å²) in [7, 11) is 0. The van der Waals surface area contributed by atoms with E-state index in [9.17, 15) is 0 Å². The van der Waals surface area contributed by atoms with Gasteiger partial charge < -0.3 is 10.1 Å². The zero-order valence-electron chi connectivity index (χ0n) is 11.0. The first-order valence-electron chi connectivity index (χ1n) is 6.86. The highest BCUT2D eigenvalue weighted by Crippen LogP contribution is 2.34. The van der Waals surface area contributed by atoms with Crippen LogP contribution in [0, 0.1) is 0 Å². The standard InChI is InChI=1S/C17H15NOS/c1-2-4-16-14(3-1)15(7-9-19-16)18-13-5-6-17-12(11-13)8-10-20-17/h1-6,8,10-11,15,18H,7,9H2. The van der Waals surface area contributed by atoms with E-state index in [2.05, 4.69) is 47.1 Å². The van der Waals surface area contributed by atoms with Gasteiger partial charge in [-0.15, -0.1) is 11.3 Å². The normalized spacial score (nSPS) is 17.5. The monoisotopic (exact) mass is 281 g/mol. The van der Waals surface area contributed by atoms with Crippen molar-refractivity contribution in [3.63, 3.8) is 0 Å². The van der Waals surface area contributed by atoms with Gasteiger partial charge in [0, 0.05) is 22.4 Å². The maximum atomic E-state index is 5.71. The van der Waals surface area contributed by atoms with Crippen molar-refractivity contribution in [3.05, 3.63) is 59.5 Å². The Morgan fingerprint density at radius 3 is 3.05 bits per heavy atom. The zero-order chi connectivity index (χ0) is 13.4. The summed E-state index contributed by atoms with van der Waals surface area (Å²) in [6, 6.07) is 17.4. The van der Waals surface area contributed by atoms with Crippen LogP contribution in [-0.4, -0.2) is 6.61 Å². The average molecular weight is 281 g/mol. The minimum Gasteiger partial charge on any atom is -0.493 e. The van der Waals surface area contributed by atoms with Crippen molar-refractivity contribution in [1.29, 1.82) is 0 Å². The number of fused-ring (bicyclic) bond motifs is 2. The van der Waals surface area contributed by atoms with E-state index < -0.39 is 0 Å². The van der Waals surface area contributed by atoms with Crippen molar-refractivity contribution < 1.29 is 4.74 Å². The first-order chi connectivity index (χ1) is 9.90. The van der Waals surface area contributed by atoms with Gasteiger partial charge in [-0.05, 0) is 41.1 Å². The van der Waals surface area contributed by atoms with Crippen LogP contribution in [0.4, 0.5) is 5.69 Å². The van der Waals surface area contributed by atoms with E-state index in [1.165, 1.54) is 21.3 Å². The molecule has 1 aliphatic rings. The molecule has 1 aromatic heterocycles.